The maximum atomic E-state index is 13.0. The minimum atomic E-state index is -0.437. The van der Waals surface area contributed by atoms with Gasteiger partial charge < -0.3 is 19.3 Å². The fraction of sp³-hybridized carbons (Fsp3) is 0.320. The van der Waals surface area contributed by atoms with E-state index in [9.17, 15) is 4.79 Å². The van der Waals surface area contributed by atoms with Crippen molar-refractivity contribution in [1.29, 1.82) is 0 Å². The molecule has 0 saturated heterocycles. The predicted molar refractivity (Wildman–Crippen MR) is 125 cm³/mol. The molecule has 1 unspecified atom stereocenters. The molecule has 1 aromatic heterocycles. The molecule has 2 amide bonds. The molecule has 2 heterocycles. The van der Waals surface area contributed by atoms with Gasteiger partial charge in [0.05, 0.1) is 18.7 Å². The quantitative estimate of drug-likeness (QED) is 0.507. The summed E-state index contributed by atoms with van der Waals surface area (Å²) in [7, 11) is 3.27. The van der Waals surface area contributed by atoms with Gasteiger partial charge in [0.25, 0.3) is 5.89 Å². The number of allylic oxidation sites excluding steroid dienone is 1. The number of nitrogens with one attached hydrogen (secondary N) is 1. The number of hydrogen-bond acceptors (Lipinski definition) is 6. The van der Waals surface area contributed by atoms with Gasteiger partial charge in [-0.25, -0.2) is 4.79 Å². The summed E-state index contributed by atoms with van der Waals surface area (Å²) in [6, 6.07) is 14.9. The molecule has 8 nitrogen and oxygen atoms in total. The highest BCUT2D eigenvalue weighted by molar-refractivity contribution is 5.86. The first-order chi connectivity index (χ1) is 16.0. The van der Waals surface area contributed by atoms with Crippen LogP contribution in [0.1, 0.15) is 36.4 Å². The van der Waals surface area contributed by atoms with Crippen molar-refractivity contribution in [3.8, 4) is 17.1 Å². The van der Waals surface area contributed by atoms with E-state index in [1.54, 1.807) is 19.1 Å². The first-order valence-corrected chi connectivity index (χ1v) is 10.8. The molecule has 4 rings (SSSR count). The summed E-state index contributed by atoms with van der Waals surface area (Å²) >= 11 is 0. The highest BCUT2D eigenvalue weighted by Gasteiger charge is 2.35. The molecule has 0 fully saturated rings. The molecule has 172 valence electrons. The van der Waals surface area contributed by atoms with Crippen LogP contribution in [0.4, 0.5) is 4.79 Å². The van der Waals surface area contributed by atoms with E-state index >= 15 is 0 Å². The SMILES string of the molecule is COCCCN1C(=O)NC(c2ccc(OC)cc2)C(c2nc(-c3ccc(C)cc3)no2)=C1C. The zero-order valence-electron chi connectivity index (χ0n) is 19.3. The summed E-state index contributed by atoms with van der Waals surface area (Å²) in [6.07, 6.45) is 0.709. The van der Waals surface area contributed by atoms with Crippen LogP contribution < -0.4 is 10.1 Å². The third kappa shape index (κ3) is 4.75. The van der Waals surface area contributed by atoms with Crippen LogP contribution >= 0.6 is 0 Å². The monoisotopic (exact) mass is 448 g/mol. The van der Waals surface area contributed by atoms with Crippen LogP contribution in [0.3, 0.4) is 0 Å². The molecule has 2 aromatic carbocycles. The predicted octanol–water partition coefficient (Wildman–Crippen LogP) is 4.59. The topological polar surface area (TPSA) is 89.7 Å². The molecule has 1 aliphatic rings. The lowest BCUT2D eigenvalue weighted by atomic mass is 9.94. The number of aromatic nitrogens is 2. The number of ether oxygens (including phenoxy) is 2. The molecule has 0 radical (unpaired) electrons. The fourth-order valence-corrected chi connectivity index (χ4v) is 3.89. The number of aryl methyl sites for hydroxylation is 1. The molecule has 1 aliphatic heterocycles. The molecular formula is C25H28N4O4. The highest BCUT2D eigenvalue weighted by Crippen LogP contribution is 2.37. The second-order valence-electron chi connectivity index (χ2n) is 7.94. The lowest BCUT2D eigenvalue weighted by Crippen LogP contribution is -2.46. The van der Waals surface area contributed by atoms with Crippen molar-refractivity contribution < 1.29 is 18.8 Å². The minimum absolute atomic E-state index is 0.175. The number of benzene rings is 2. The molecular weight excluding hydrogens is 420 g/mol. The first-order valence-electron chi connectivity index (χ1n) is 10.8. The van der Waals surface area contributed by atoms with E-state index in [0.29, 0.717) is 31.3 Å². The van der Waals surface area contributed by atoms with Crippen LogP contribution in [0.15, 0.2) is 58.8 Å². The van der Waals surface area contributed by atoms with Crippen molar-refractivity contribution in [1.82, 2.24) is 20.4 Å². The van der Waals surface area contributed by atoms with Gasteiger partial charge in [-0.05, 0) is 38.0 Å². The second kappa shape index (κ2) is 9.87. The molecule has 1 atom stereocenters. The van der Waals surface area contributed by atoms with Gasteiger partial charge in [0.1, 0.15) is 5.75 Å². The Morgan fingerprint density at radius 1 is 1.06 bits per heavy atom. The number of hydrogen-bond donors (Lipinski definition) is 1. The smallest absolute Gasteiger partial charge is 0.322 e. The number of amides is 2. The van der Waals surface area contributed by atoms with Crippen molar-refractivity contribution in [3.05, 3.63) is 71.2 Å². The second-order valence-corrected chi connectivity index (χ2v) is 7.94. The van der Waals surface area contributed by atoms with E-state index in [2.05, 4.69) is 15.5 Å². The van der Waals surface area contributed by atoms with E-state index in [1.165, 1.54) is 0 Å². The zero-order chi connectivity index (χ0) is 23.4. The van der Waals surface area contributed by atoms with E-state index in [1.807, 2.05) is 62.4 Å². The Morgan fingerprint density at radius 3 is 2.45 bits per heavy atom. The van der Waals surface area contributed by atoms with Crippen molar-refractivity contribution in [2.24, 2.45) is 0 Å². The molecule has 3 aromatic rings. The van der Waals surface area contributed by atoms with Crippen LogP contribution in [0.25, 0.3) is 17.0 Å². The Morgan fingerprint density at radius 2 is 1.79 bits per heavy atom. The van der Waals surface area contributed by atoms with Gasteiger partial charge in [-0.15, -0.1) is 0 Å². The summed E-state index contributed by atoms with van der Waals surface area (Å²) in [5, 5.41) is 7.31. The number of urea groups is 1. The van der Waals surface area contributed by atoms with Gasteiger partial charge in [0.15, 0.2) is 0 Å². The van der Waals surface area contributed by atoms with Gasteiger partial charge in [0.2, 0.25) is 5.82 Å². The molecule has 33 heavy (non-hydrogen) atoms. The maximum absolute atomic E-state index is 13.0. The summed E-state index contributed by atoms with van der Waals surface area (Å²) in [5.41, 5.74) is 4.46. The molecule has 0 spiro atoms. The van der Waals surface area contributed by atoms with Gasteiger partial charge in [-0.1, -0.05) is 47.1 Å². The van der Waals surface area contributed by atoms with Crippen molar-refractivity contribution >= 4 is 11.6 Å². The van der Waals surface area contributed by atoms with E-state index in [4.69, 9.17) is 14.0 Å². The summed E-state index contributed by atoms with van der Waals surface area (Å²) in [5.74, 6) is 1.62. The maximum Gasteiger partial charge on any atom is 0.322 e. The number of methoxy groups -OCH3 is 2. The summed E-state index contributed by atoms with van der Waals surface area (Å²) in [6.45, 7) is 5.02. The summed E-state index contributed by atoms with van der Waals surface area (Å²) in [4.78, 5) is 19.4. The zero-order valence-corrected chi connectivity index (χ0v) is 19.3. The van der Waals surface area contributed by atoms with Crippen LogP contribution in [0.5, 0.6) is 5.75 Å². The van der Waals surface area contributed by atoms with Gasteiger partial charge in [-0.2, -0.15) is 4.98 Å². The van der Waals surface area contributed by atoms with Crippen LogP contribution in [-0.4, -0.2) is 48.4 Å². The van der Waals surface area contributed by atoms with Gasteiger partial charge >= 0.3 is 6.03 Å². The fourth-order valence-electron chi connectivity index (χ4n) is 3.89. The normalized spacial score (nSPS) is 16.2. The standard InChI is InChI=1S/C25H28N4O4/c1-16-6-8-19(9-7-16)23-27-24(33-28-23)21-17(2)29(14-5-15-31-3)25(30)26-22(21)18-10-12-20(32-4)13-11-18/h6-13,22H,5,14-15H2,1-4H3,(H,26,30). The van der Waals surface area contributed by atoms with Crippen LogP contribution in [0, 0.1) is 6.92 Å². The molecule has 0 bridgehead atoms. The molecule has 0 saturated carbocycles. The lowest BCUT2D eigenvalue weighted by Gasteiger charge is -2.35. The van der Waals surface area contributed by atoms with E-state index in [-0.39, 0.29) is 6.03 Å². The van der Waals surface area contributed by atoms with Gasteiger partial charge in [0, 0.05) is 31.5 Å². The average molecular weight is 449 g/mol. The number of nitrogens with zero attached hydrogens (tertiary/aromatic N) is 3. The third-order valence-corrected chi connectivity index (χ3v) is 5.74. The van der Waals surface area contributed by atoms with Crippen molar-refractivity contribution in [2.45, 2.75) is 26.3 Å². The Kier molecular flexibility index (Phi) is 6.74. The first kappa shape index (κ1) is 22.5. The number of rotatable bonds is 8. The molecule has 0 aliphatic carbocycles. The Labute approximate surface area is 193 Å². The van der Waals surface area contributed by atoms with E-state index in [0.717, 1.165) is 33.7 Å². The highest BCUT2D eigenvalue weighted by atomic mass is 16.5. The Balaban J connectivity index is 1.75. The van der Waals surface area contributed by atoms with E-state index < -0.39 is 6.04 Å². The van der Waals surface area contributed by atoms with Crippen molar-refractivity contribution in [3.63, 3.8) is 0 Å². The number of carbonyl (C=O) groups excluding carboxylic acids is 1. The third-order valence-electron chi connectivity index (χ3n) is 5.74. The molecule has 1 N–H and O–H groups in total. The molecule has 8 heteroatoms. The largest absolute Gasteiger partial charge is 0.497 e. The number of carbonyl (C=O) groups is 1. The Bertz CT molecular complexity index is 1140. The van der Waals surface area contributed by atoms with Crippen LogP contribution in [0.2, 0.25) is 0 Å². The summed E-state index contributed by atoms with van der Waals surface area (Å²) < 4.78 is 16.2. The van der Waals surface area contributed by atoms with Gasteiger partial charge in [-0.3, -0.25) is 4.90 Å². The minimum Gasteiger partial charge on any atom is -0.497 e. The average Bonchev–Trinajstić information content (AvgIpc) is 3.31. The van der Waals surface area contributed by atoms with Crippen LogP contribution in [-0.2, 0) is 4.74 Å². The lowest BCUT2D eigenvalue weighted by molar-refractivity contribution is 0.174. The van der Waals surface area contributed by atoms with Crippen molar-refractivity contribution in [2.75, 3.05) is 27.4 Å². The Hall–Kier alpha value is -3.65.